The topological polar surface area (TPSA) is 59.6 Å². The summed E-state index contributed by atoms with van der Waals surface area (Å²) in [6.45, 7) is 0.184. The molecule has 0 unspecified atom stereocenters. The van der Waals surface area contributed by atoms with Gasteiger partial charge >= 0.3 is 0 Å². The van der Waals surface area contributed by atoms with Crippen LogP contribution in [0.15, 0.2) is 48.5 Å². The van der Waals surface area contributed by atoms with Crippen LogP contribution in [0.25, 0.3) is 0 Å². The van der Waals surface area contributed by atoms with Gasteiger partial charge in [0.15, 0.2) is 0 Å². The summed E-state index contributed by atoms with van der Waals surface area (Å²) in [6.07, 6.45) is 0. The fourth-order valence-electron chi connectivity index (χ4n) is 1.80. The number of ether oxygens (including phenoxy) is 2. The number of rotatable bonds is 6. The van der Waals surface area contributed by atoms with Crippen molar-refractivity contribution in [1.29, 1.82) is 0 Å². The van der Waals surface area contributed by atoms with Crippen LogP contribution in [-0.2, 0) is 4.79 Å². The molecule has 0 aliphatic heterocycles. The molecule has 0 aliphatic rings. The van der Waals surface area contributed by atoms with E-state index in [1.165, 1.54) is 0 Å². The molecule has 0 bridgehead atoms. The summed E-state index contributed by atoms with van der Waals surface area (Å²) in [5.41, 5.74) is 1.56. The zero-order valence-corrected chi connectivity index (χ0v) is 12.1. The predicted molar refractivity (Wildman–Crippen MR) is 83.1 cm³/mol. The normalized spacial score (nSPS) is 9.81. The summed E-state index contributed by atoms with van der Waals surface area (Å²) in [4.78, 5) is 11.9. The second-order valence-electron chi connectivity index (χ2n) is 4.36. The molecule has 0 atom stereocenters. The molecule has 0 spiro atoms. The van der Waals surface area contributed by atoms with Gasteiger partial charge in [-0.3, -0.25) is 4.79 Å². The number of carbonyl (C=O) groups is 1. The predicted octanol–water partition coefficient (Wildman–Crippen LogP) is 2.75. The Morgan fingerprint density at radius 3 is 2.33 bits per heavy atom. The van der Waals surface area contributed by atoms with Crippen LogP contribution in [0.2, 0.25) is 0 Å². The Hall–Kier alpha value is -2.69. The third-order valence-electron chi connectivity index (χ3n) is 2.90. The smallest absolute Gasteiger partial charge is 0.243 e. The molecule has 5 nitrogen and oxygen atoms in total. The molecule has 0 aromatic heterocycles. The molecule has 1 amide bonds. The number of anilines is 2. The average Bonchev–Trinajstić information content (AvgIpc) is 2.53. The lowest BCUT2D eigenvalue weighted by molar-refractivity contribution is -0.114. The molecule has 110 valence electrons. The number of hydrogen-bond donors (Lipinski definition) is 2. The molecule has 2 aromatic rings. The van der Waals surface area contributed by atoms with Crippen LogP contribution < -0.4 is 20.1 Å². The molecular weight excluding hydrogens is 268 g/mol. The number of carbonyl (C=O) groups excluding carboxylic acids is 1. The van der Waals surface area contributed by atoms with E-state index in [9.17, 15) is 4.79 Å². The first-order chi connectivity index (χ1) is 10.2. The lowest BCUT2D eigenvalue weighted by Crippen LogP contribution is -2.21. The van der Waals surface area contributed by atoms with Crippen molar-refractivity contribution < 1.29 is 14.3 Å². The first kappa shape index (κ1) is 14.7. The van der Waals surface area contributed by atoms with Gasteiger partial charge in [-0.25, -0.2) is 0 Å². The van der Waals surface area contributed by atoms with Crippen LogP contribution in [-0.4, -0.2) is 26.7 Å². The molecule has 0 aliphatic carbocycles. The van der Waals surface area contributed by atoms with E-state index in [0.29, 0.717) is 11.4 Å². The van der Waals surface area contributed by atoms with Crippen molar-refractivity contribution in [3.8, 4) is 11.5 Å². The minimum absolute atomic E-state index is 0.126. The van der Waals surface area contributed by atoms with E-state index in [0.717, 1.165) is 11.4 Å². The van der Waals surface area contributed by atoms with Gasteiger partial charge in [0.05, 0.1) is 20.8 Å². The molecule has 2 rings (SSSR count). The van der Waals surface area contributed by atoms with E-state index < -0.39 is 0 Å². The molecule has 0 heterocycles. The van der Waals surface area contributed by atoms with Crippen molar-refractivity contribution in [3.63, 3.8) is 0 Å². The van der Waals surface area contributed by atoms with E-state index in [-0.39, 0.29) is 12.5 Å². The number of nitrogens with one attached hydrogen (secondary N) is 2. The van der Waals surface area contributed by atoms with Crippen LogP contribution in [0.5, 0.6) is 11.5 Å². The van der Waals surface area contributed by atoms with Crippen molar-refractivity contribution in [2.45, 2.75) is 0 Å². The summed E-state index contributed by atoms with van der Waals surface area (Å²) in [5, 5.41) is 5.85. The summed E-state index contributed by atoms with van der Waals surface area (Å²) in [5.74, 6) is 1.36. The molecule has 0 saturated carbocycles. The summed E-state index contributed by atoms with van der Waals surface area (Å²) in [7, 11) is 3.20. The molecule has 2 aromatic carbocycles. The van der Waals surface area contributed by atoms with E-state index >= 15 is 0 Å². The second kappa shape index (κ2) is 7.19. The summed E-state index contributed by atoms with van der Waals surface area (Å²) < 4.78 is 10.2. The third kappa shape index (κ3) is 4.42. The van der Waals surface area contributed by atoms with Crippen LogP contribution >= 0.6 is 0 Å². The number of methoxy groups -OCH3 is 2. The Morgan fingerprint density at radius 1 is 0.952 bits per heavy atom. The van der Waals surface area contributed by atoms with Gasteiger partial charge in [-0.1, -0.05) is 6.07 Å². The van der Waals surface area contributed by atoms with Gasteiger partial charge in [0.2, 0.25) is 5.91 Å². The molecule has 2 N–H and O–H groups in total. The van der Waals surface area contributed by atoms with Crippen molar-refractivity contribution >= 4 is 17.3 Å². The average molecular weight is 286 g/mol. The standard InChI is InChI=1S/C16H18N2O3/c1-20-14-8-6-12(7-9-14)17-11-16(19)18-13-4-3-5-15(10-13)21-2/h3-10,17H,11H2,1-2H3,(H,18,19). The lowest BCUT2D eigenvalue weighted by Gasteiger charge is -2.09. The van der Waals surface area contributed by atoms with E-state index in [4.69, 9.17) is 9.47 Å². The SMILES string of the molecule is COc1ccc(NCC(=O)Nc2cccc(OC)c2)cc1. The molecule has 0 fully saturated rings. The zero-order valence-electron chi connectivity index (χ0n) is 12.1. The van der Waals surface area contributed by atoms with E-state index in [2.05, 4.69) is 10.6 Å². The van der Waals surface area contributed by atoms with Crippen molar-refractivity contribution in [1.82, 2.24) is 0 Å². The third-order valence-corrected chi connectivity index (χ3v) is 2.90. The fraction of sp³-hybridized carbons (Fsp3) is 0.188. The maximum absolute atomic E-state index is 11.9. The Morgan fingerprint density at radius 2 is 1.67 bits per heavy atom. The van der Waals surface area contributed by atoms with Gasteiger partial charge in [-0.2, -0.15) is 0 Å². The highest BCUT2D eigenvalue weighted by molar-refractivity contribution is 5.93. The Bertz CT molecular complexity index is 597. The second-order valence-corrected chi connectivity index (χ2v) is 4.36. The van der Waals surface area contributed by atoms with Gasteiger partial charge in [0.1, 0.15) is 11.5 Å². The van der Waals surface area contributed by atoms with Gasteiger partial charge in [-0.15, -0.1) is 0 Å². The first-order valence-electron chi connectivity index (χ1n) is 6.53. The quantitative estimate of drug-likeness (QED) is 0.857. The molecular formula is C16H18N2O3. The Labute approximate surface area is 123 Å². The van der Waals surface area contributed by atoms with Gasteiger partial charge < -0.3 is 20.1 Å². The van der Waals surface area contributed by atoms with E-state index in [1.54, 1.807) is 20.3 Å². The maximum Gasteiger partial charge on any atom is 0.243 e. The largest absolute Gasteiger partial charge is 0.497 e. The lowest BCUT2D eigenvalue weighted by atomic mass is 10.3. The monoisotopic (exact) mass is 286 g/mol. The highest BCUT2D eigenvalue weighted by atomic mass is 16.5. The van der Waals surface area contributed by atoms with E-state index in [1.807, 2.05) is 42.5 Å². The van der Waals surface area contributed by atoms with Gasteiger partial charge in [0.25, 0.3) is 0 Å². The minimum Gasteiger partial charge on any atom is -0.497 e. The zero-order chi connectivity index (χ0) is 15.1. The number of amides is 1. The van der Waals surface area contributed by atoms with Crippen LogP contribution in [0.4, 0.5) is 11.4 Å². The Kier molecular flexibility index (Phi) is 5.04. The Balaban J connectivity index is 1.86. The van der Waals surface area contributed by atoms with Crippen LogP contribution in [0, 0.1) is 0 Å². The summed E-state index contributed by atoms with van der Waals surface area (Å²) >= 11 is 0. The van der Waals surface area contributed by atoms with Crippen LogP contribution in [0.1, 0.15) is 0 Å². The highest BCUT2D eigenvalue weighted by Crippen LogP contribution is 2.17. The molecule has 0 saturated heterocycles. The van der Waals surface area contributed by atoms with Crippen molar-refractivity contribution in [2.75, 3.05) is 31.4 Å². The molecule has 5 heteroatoms. The van der Waals surface area contributed by atoms with Crippen molar-refractivity contribution in [2.24, 2.45) is 0 Å². The highest BCUT2D eigenvalue weighted by Gasteiger charge is 2.03. The summed E-state index contributed by atoms with van der Waals surface area (Å²) in [6, 6.07) is 14.6. The minimum atomic E-state index is -0.126. The molecule has 0 radical (unpaired) electrons. The van der Waals surface area contributed by atoms with Crippen LogP contribution in [0.3, 0.4) is 0 Å². The van der Waals surface area contributed by atoms with Gasteiger partial charge in [0, 0.05) is 17.4 Å². The van der Waals surface area contributed by atoms with Gasteiger partial charge in [-0.05, 0) is 36.4 Å². The molecule has 21 heavy (non-hydrogen) atoms. The van der Waals surface area contributed by atoms with Crippen molar-refractivity contribution in [3.05, 3.63) is 48.5 Å². The fourth-order valence-corrected chi connectivity index (χ4v) is 1.80. The first-order valence-corrected chi connectivity index (χ1v) is 6.53. The maximum atomic E-state index is 11.9. The number of benzene rings is 2. The number of hydrogen-bond acceptors (Lipinski definition) is 4.